The van der Waals surface area contributed by atoms with E-state index in [2.05, 4.69) is 9.88 Å². The zero-order valence-electron chi connectivity index (χ0n) is 18.9. The van der Waals surface area contributed by atoms with E-state index >= 15 is 0 Å². The Bertz CT molecular complexity index is 1240. The predicted octanol–water partition coefficient (Wildman–Crippen LogP) is 3.38. The van der Waals surface area contributed by atoms with Crippen LogP contribution < -0.4 is 10.1 Å². The van der Waals surface area contributed by atoms with Crippen molar-refractivity contribution in [1.82, 2.24) is 8.87 Å². The summed E-state index contributed by atoms with van der Waals surface area (Å²) in [5.41, 5.74) is 3.91. The van der Waals surface area contributed by atoms with Crippen molar-refractivity contribution in [1.29, 1.82) is 0 Å². The molecule has 8 nitrogen and oxygen atoms in total. The van der Waals surface area contributed by atoms with Gasteiger partial charge in [0.2, 0.25) is 10.0 Å². The summed E-state index contributed by atoms with van der Waals surface area (Å²) in [5, 5.41) is 2.79. The average Bonchev–Trinajstić information content (AvgIpc) is 3.17. The van der Waals surface area contributed by atoms with Gasteiger partial charge in [0, 0.05) is 35.7 Å². The van der Waals surface area contributed by atoms with Gasteiger partial charge < -0.3 is 19.4 Å². The summed E-state index contributed by atoms with van der Waals surface area (Å²) >= 11 is 0. The minimum Gasteiger partial charge on any atom is -0.495 e. The highest BCUT2D eigenvalue weighted by Gasteiger charge is 2.27. The van der Waals surface area contributed by atoms with Crippen LogP contribution in [0.1, 0.15) is 21.7 Å². The second-order valence-electron chi connectivity index (χ2n) is 7.83. The lowest BCUT2D eigenvalue weighted by Gasteiger charge is -2.26. The highest BCUT2D eigenvalue weighted by Crippen LogP contribution is 2.30. The summed E-state index contributed by atoms with van der Waals surface area (Å²) in [6, 6.07) is 15.8. The zero-order chi connectivity index (χ0) is 23.6. The van der Waals surface area contributed by atoms with Crippen LogP contribution in [0.5, 0.6) is 5.75 Å². The van der Waals surface area contributed by atoms with Gasteiger partial charge in [0.1, 0.15) is 5.75 Å². The first-order valence-electron chi connectivity index (χ1n) is 10.6. The fraction of sp³-hybridized carbons (Fsp3) is 0.292. The maximum absolute atomic E-state index is 13.0. The van der Waals surface area contributed by atoms with Crippen LogP contribution in [-0.4, -0.2) is 56.6 Å². The highest BCUT2D eigenvalue weighted by molar-refractivity contribution is 7.89. The van der Waals surface area contributed by atoms with E-state index in [0.29, 0.717) is 37.6 Å². The maximum atomic E-state index is 13.0. The number of carbonyl (C=O) groups is 1. The van der Waals surface area contributed by atoms with E-state index in [-0.39, 0.29) is 16.5 Å². The fourth-order valence-corrected chi connectivity index (χ4v) is 5.35. The lowest BCUT2D eigenvalue weighted by Crippen LogP contribution is -2.40. The van der Waals surface area contributed by atoms with Gasteiger partial charge in [-0.1, -0.05) is 0 Å². The Hall–Kier alpha value is -3.14. The molecule has 0 bridgehead atoms. The molecule has 1 saturated heterocycles. The number of aromatic nitrogens is 1. The van der Waals surface area contributed by atoms with Gasteiger partial charge in [-0.25, -0.2) is 8.42 Å². The lowest BCUT2D eigenvalue weighted by molar-refractivity contribution is 0.0730. The summed E-state index contributed by atoms with van der Waals surface area (Å²) in [4.78, 5) is 13.0. The SMILES string of the molecule is COc1ccc(S(=O)(=O)N2CCOCC2)cc1NC(=O)c1ccc(-n2c(C)ccc2C)cc1. The van der Waals surface area contributed by atoms with Crippen molar-refractivity contribution in [2.24, 2.45) is 0 Å². The van der Waals surface area contributed by atoms with E-state index in [9.17, 15) is 13.2 Å². The topological polar surface area (TPSA) is 89.9 Å². The number of nitrogens with zero attached hydrogens (tertiary/aromatic N) is 2. The number of amides is 1. The molecule has 1 aliphatic rings. The molecule has 3 aromatic rings. The number of sulfonamides is 1. The number of morpholine rings is 1. The molecule has 1 aromatic heterocycles. The molecular weight excluding hydrogens is 442 g/mol. The van der Waals surface area contributed by atoms with Gasteiger partial charge in [-0.05, 0) is 68.4 Å². The molecule has 0 radical (unpaired) electrons. The number of aryl methyl sites for hydroxylation is 2. The van der Waals surface area contributed by atoms with Gasteiger partial charge >= 0.3 is 0 Å². The molecule has 1 fully saturated rings. The summed E-state index contributed by atoms with van der Waals surface area (Å²) < 4.78 is 40.1. The molecule has 1 amide bonds. The fourth-order valence-electron chi connectivity index (χ4n) is 3.91. The van der Waals surface area contributed by atoms with E-state index in [1.54, 1.807) is 18.2 Å². The van der Waals surface area contributed by atoms with E-state index < -0.39 is 10.0 Å². The molecule has 0 atom stereocenters. The molecule has 9 heteroatoms. The number of hydrogen-bond donors (Lipinski definition) is 1. The molecule has 174 valence electrons. The van der Waals surface area contributed by atoms with Crippen molar-refractivity contribution in [2.75, 3.05) is 38.7 Å². The van der Waals surface area contributed by atoms with Gasteiger partial charge in [0.25, 0.3) is 5.91 Å². The van der Waals surface area contributed by atoms with Gasteiger partial charge in [-0.15, -0.1) is 0 Å². The second kappa shape index (κ2) is 9.38. The molecule has 0 unspecified atom stereocenters. The van der Waals surface area contributed by atoms with Crippen molar-refractivity contribution < 1.29 is 22.7 Å². The zero-order valence-corrected chi connectivity index (χ0v) is 19.7. The van der Waals surface area contributed by atoms with E-state index in [4.69, 9.17) is 9.47 Å². The number of nitrogens with one attached hydrogen (secondary N) is 1. The first-order chi connectivity index (χ1) is 15.8. The Balaban J connectivity index is 1.58. The Kier molecular flexibility index (Phi) is 6.55. The van der Waals surface area contributed by atoms with E-state index in [0.717, 1.165) is 17.1 Å². The van der Waals surface area contributed by atoms with Gasteiger partial charge in [0.15, 0.2) is 0 Å². The van der Waals surface area contributed by atoms with Gasteiger partial charge in [0.05, 0.1) is 30.9 Å². The highest BCUT2D eigenvalue weighted by atomic mass is 32.2. The van der Waals surface area contributed by atoms with E-state index in [1.807, 2.05) is 38.1 Å². The quantitative estimate of drug-likeness (QED) is 0.598. The van der Waals surface area contributed by atoms with Crippen LogP contribution in [0.3, 0.4) is 0 Å². The molecule has 1 N–H and O–H groups in total. The van der Waals surface area contributed by atoms with Gasteiger partial charge in [-0.2, -0.15) is 4.31 Å². The van der Waals surface area contributed by atoms with Crippen LogP contribution in [0.4, 0.5) is 5.69 Å². The first kappa shape index (κ1) is 23.0. The van der Waals surface area contributed by atoms with Crippen molar-refractivity contribution in [3.8, 4) is 11.4 Å². The Morgan fingerprint density at radius 1 is 0.970 bits per heavy atom. The summed E-state index contributed by atoms with van der Waals surface area (Å²) in [5.74, 6) is 0.0150. The molecule has 0 aliphatic carbocycles. The monoisotopic (exact) mass is 469 g/mol. The Morgan fingerprint density at radius 2 is 1.61 bits per heavy atom. The summed E-state index contributed by atoms with van der Waals surface area (Å²) in [7, 11) is -2.24. The van der Waals surface area contributed by atoms with Crippen LogP contribution in [0.25, 0.3) is 5.69 Å². The minimum atomic E-state index is -3.71. The van der Waals surface area contributed by atoms with Crippen molar-refractivity contribution in [3.63, 3.8) is 0 Å². The van der Waals surface area contributed by atoms with Crippen LogP contribution in [0.15, 0.2) is 59.5 Å². The molecule has 4 rings (SSSR count). The third kappa shape index (κ3) is 4.66. The number of methoxy groups -OCH3 is 1. The number of benzene rings is 2. The molecule has 0 spiro atoms. The van der Waals surface area contributed by atoms with Crippen LogP contribution in [0, 0.1) is 13.8 Å². The molecular formula is C24H27N3O5S. The lowest BCUT2D eigenvalue weighted by atomic mass is 10.1. The Morgan fingerprint density at radius 3 is 2.21 bits per heavy atom. The number of rotatable bonds is 6. The number of ether oxygens (including phenoxy) is 2. The van der Waals surface area contributed by atoms with Crippen LogP contribution >= 0.6 is 0 Å². The molecule has 33 heavy (non-hydrogen) atoms. The first-order valence-corrected chi connectivity index (χ1v) is 12.1. The number of hydrogen-bond acceptors (Lipinski definition) is 5. The Labute approximate surface area is 193 Å². The number of anilines is 1. The largest absolute Gasteiger partial charge is 0.495 e. The van der Waals surface area contributed by atoms with Crippen molar-refractivity contribution >= 4 is 21.6 Å². The third-order valence-electron chi connectivity index (χ3n) is 5.69. The molecule has 0 saturated carbocycles. The van der Waals surface area contributed by atoms with Crippen LogP contribution in [0.2, 0.25) is 0 Å². The standard InChI is InChI=1S/C24H27N3O5S/c1-17-4-5-18(2)27(17)20-8-6-19(7-9-20)24(28)25-22-16-21(10-11-23(22)31-3)33(29,30)26-12-14-32-15-13-26/h4-11,16H,12-15H2,1-3H3,(H,25,28). The smallest absolute Gasteiger partial charge is 0.255 e. The van der Waals surface area contributed by atoms with Crippen molar-refractivity contribution in [2.45, 2.75) is 18.7 Å². The van der Waals surface area contributed by atoms with Crippen LogP contribution in [-0.2, 0) is 14.8 Å². The normalized spacial score (nSPS) is 14.8. The van der Waals surface area contributed by atoms with Crippen molar-refractivity contribution in [3.05, 3.63) is 71.5 Å². The second-order valence-corrected chi connectivity index (χ2v) is 9.77. The number of carbonyl (C=O) groups excluding carboxylic acids is 1. The minimum absolute atomic E-state index is 0.0920. The maximum Gasteiger partial charge on any atom is 0.255 e. The predicted molar refractivity (Wildman–Crippen MR) is 126 cm³/mol. The third-order valence-corrected chi connectivity index (χ3v) is 7.58. The van der Waals surface area contributed by atoms with Gasteiger partial charge in [-0.3, -0.25) is 4.79 Å². The average molecular weight is 470 g/mol. The molecule has 2 heterocycles. The van der Waals surface area contributed by atoms with E-state index in [1.165, 1.54) is 23.5 Å². The molecule has 2 aromatic carbocycles. The molecule has 1 aliphatic heterocycles. The summed E-state index contributed by atoms with van der Waals surface area (Å²) in [6.45, 7) is 5.36. The summed E-state index contributed by atoms with van der Waals surface area (Å²) in [6.07, 6.45) is 0.